The molecule has 2 aliphatic carbocycles. The second-order valence-corrected chi connectivity index (χ2v) is 1.64. The third-order valence-electron chi connectivity index (χ3n) is 0.894. The van der Waals surface area contributed by atoms with E-state index in [9.17, 15) is 0 Å². The molecule has 0 aromatic rings. The number of hydrogen-bond acceptors (Lipinski definition) is 0. The average Bonchev–Trinajstić information content (AvgIpc) is 2.81. The van der Waals surface area contributed by atoms with E-state index in [1.54, 1.807) is 0 Å². The minimum absolute atomic E-state index is 0. The Balaban J connectivity index is 0.000000215. The summed E-state index contributed by atoms with van der Waals surface area (Å²) < 4.78 is 0. The second-order valence-electron chi connectivity index (χ2n) is 1.64. The maximum Gasteiger partial charge on any atom is 2.00 e. The smallest absolute Gasteiger partial charge is 0.288 e. The largest absolute Gasteiger partial charge is 2.00 e. The zero-order chi connectivity index (χ0) is 8.65. The van der Waals surface area contributed by atoms with Crippen LogP contribution >= 0.6 is 0 Å². The molecule has 0 saturated heterocycles. The van der Waals surface area contributed by atoms with E-state index in [1.165, 1.54) is 0 Å². The van der Waals surface area contributed by atoms with Crippen LogP contribution < -0.4 is 0 Å². The van der Waals surface area contributed by atoms with Gasteiger partial charge in [0.1, 0.15) is 0 Å². The quantitative estimate of drug-likeness (QED) is 0.241. The zero-order valence-corrected chi connectivity index (χ0v) is 7.54. The predicted molar refractivity (Wildman–Crippen MR) is 43.2 cm³/mol. The van der Waals surface area contributed by atoms with E-state index in [2.05, 4.69) is 58.5 Å². The van der Waals surface area contributed by atoms with Crippen molar-refractivity contribution in [2.75, 3.05) is 0 Å². The molecule has 57 valence electrons. The van der Waals surface area contributed by atoms with Crippen molar-refractivity contribution >= 4 is 0 Å². The van der Waals surface area contributed by atoms with Gasteiger partial charge in [0.05, 0.1) is 0 Å². The second kappa shape index (κ2) is 6.92. The van der Waals surface area contributed by atoms with Crippen molar-refractivity contribution in [1.29, 1.82) is 0 Å². The standard InChI is InChI=1S/C7H.C5.Fe/c1-2-7-5-3-4-6-7;1-2-4-5-3-1;/h1H;;/q2*-1;+2. The summed E-state index contributed by atoms with van der Waals surface area (Å²) in [5, 5.41) is 0. The van der Waals surface area contributed by atoms with Gasteiger partial charge in [-0.3, -0.25) is 11.5 Å². The van der Waals surface area contributed by atoms with Crippen molar-refractivity contribution in [1.82, 2.24) is 0 Å². The first-order valence-corrected chi connectivity index (χ1v) is 3.04. The molecule has 1 radical (unpaired) electrons. The number of terminal acetylenes is 1. The summed E-state index contributed by atoms with van der Waals surface area (Å²) in [7, 11) is 0. The molecule has 0 saturated carbocycles. The number of allylic oxidation sites excluding steroid dienone is 4. The van der Waals surface area contributed by atoms with Crippen molar-refractivity contribution in [3.05, 3.63) is 58.2 Å². The molecule has 13 heavy (non-hydrogen) atoms. The fourth-order valence-corrected chi connectivity index (χ4v) is 0.447. The third kappa shape index (κ3) is 4.64. The van der Waals surface area contributed by atoms with Crippen molar-refractivity contribution < 1.29 is 17.1 Å². The van der Waals surface area contributed by atoms with Gasteiger partial charge in [-0.25, -0.2) is 11.5 Å². The minimum atomic E-state index is 0. The van der Waals surface area contributed by atoms with E-state index in [0.29, 0.717) is 5.57 Å². The van der Waals surface area contributed by atoms with Crippen LogP contribution in [0, 0.1) is 30.6 Å². The Hall–Kier alpha value is -1.76. The van der Waals surface area contributed by atoms with E-state index in [1.807, 2.05) is 0 Å². The SMILES string of the molecule is C#CC1=C=C=C=[C-]1.[C]1=C=C=C=[C-]1.[Fe+2]. The molecule has 0 heterocycles. The predicted octanol–water partition coefficient (Wildman–Crippen LogP) is 1.45. The molecular formula is C12HFe. The fourth-order valence-electron chi connectivity index (χ4n) is 0.447. The van der Waals surface area contributed by atoms with E-state index >= 15 is 0 Å². The average molecular weight is 201 g/mol. The van der Waals surface area contributed by atoms with Gasteiger partial charge in [0.2, 0.25) is 0 Å². The van der Waals surface area contributed by atoms with Gasteiger partial charge in [0.25, 0.3) is 0 Å². The fraction of sp³-hybridized carbons (Fsp3) is 0. The van der Waals surface area contributed by atoms with Crippen molar-refractivity contribution in [2.45, 2.75) is 0 Å². The molecule has 0 nitrogen and oxygen atoms in total. The van der Waals surface area contributed by atoms with Gasteiger partial charge in [-0.1, -0.05) is 11.6 Å². The van der Waals surface area contributed by atoms with Crippen LogP contribution in [0.5, 0.6) is 0 Å². The first kappa shape index (κ1) is 11.2. The first-order chi connectivity index (χ1) is 5.93. The molecule has 0 bridgehead atoms. The van der Waals surface area contributed by atoms with Gasteiger partial charge in [-0.2, -0.15) is 23.8 Å². The van der Waals surface area contributed by atoms with Crippen molar-refractivity contribution in [2.24, 2.45) is 0 Å². The van der Waals surface area contributed by atoms with Crippen LogP contribution in [0.15, 0.2) is 40.0 Å². The van der Waals surface area contributed by atoms with Gasteiger partial charge < -0.3 is 0 Å². The van der Waals surface area contributed by atoms with Crippen molar-refractivity contribution in [3.8, 4) is 12.3 Å². The molecular weight excluding hydrogens is 200 g/mol. The molecule has 0 aliphatic heterocycles. The van der Waals surface area contributed by atoms with Gasteiger partial charge >= 0.3 is 17.1 Å². The summed E-state index contributed by atoms with van der Waals surface area (Å²) in [5.74, 6) is 2.33. The topological polar surface area (TPSA) is 0 Å². The summed E-state index contributed by atoms with van der Waals surface area (Å²) in [5.41, 5.74) is 15.8. The summed E-state index contributed by atoms with van der Waals surface area (Å²) in [4.78, 5) is 0. The van der Waals surface area contributed by atoms with E-state index in [4.69, 9.17) is 6.42 Å². The Morgan fingerprint density at radius 1 is 1.15 bits per heavy atom. The molecule has 2 rings (SSSR count). The van der Waals surface area contributed by atoms with E-state index in [0.717, 1.165) is 0 Å². The molecule has 0 atom stereocenters. The van der Waals surface area contributed by atoms with Gasteiger partial charge in [-0.05, 0) is 0 Å². The first-order valence-electron chi connectivity index (χ1n) is 3.04. The summed E-state index contributed by atoms with van der Waals surface area (Å²) in [6, 6.07) is 0. The summed E-state index contributed by atoms with van der Waals surface area (Å²) in [6.07, 6.45) is 12.6. The summed E-state index contributed by atoms with van der Waals surface area (Å²) in [6.45, 7) is 0. The Labute approximate surface area is 87.8 Å². The Morgan fingerprint density at radius 3 is 2.23 bits per heavy atom. The molecule has 0 N–H and O–H groups in total. The van der Waals surface area contributed by atoms with Crippen LogP contribution in [-0.2, 0) is 17.1 Å². The van der Waals surface area contributed by atoms with Crippen LogP contribution in [0.3, 0.4) is 0 Å². The van der Waals surface area contributed by atoms with Gasteiger partial charge in [0, 0.05) is 0 Å². The number of rotatable bonds is 0. The van der Waals surface area contributed by atoms with E-state index in [-0.39, 0.29) is 17.1 Å². The Morgan fingerprint density at radius 2 is 2.00 bits per heavy atom. The molecule has 0 unspecified atom stereocenters. The number of hydrogen-bond donors (Lipinski definition) is 0. The van der Waals surface area contributed by atoms with Gasteiger partial charge in [0.15, 0.2) is 0 Å². The summed E-state index contributed by atoms with van der Waals surface area (Å²) >= 11 is 0. The molecule has 0 fully saturated rings. The Kier molecular flexibility index (Phi) is 5.98. The minimum Gasteiger partial charge on any atom is -0.288 e. The van der Waals surface area contributed by atoms with Gasteiger partial charge in [-0.15, -0.1) is 12.2 Å². The molecule has 0 spiro atoms. The van der Waals surface area contributed by atoms with E-state index < -0.39 is 0 Å². The van der Waals surface area contributed by atoms with Crippen LogP contribution in [0.2, 0.25) is 0 Å². The third-order valence-corrected chi connectivity index (χ3v) is 0.894. The maximum absolute atomic E-state index is 4.94. The normalized spacial score (nSPS) is 10.5. The molecule has 0 aromatic heterocycles. The van der Waals surface area contributed by atoms with Crippen molar-refractivity contribution in [3.63, 3.8) is 0 Å². The van der Waals surface area contributed by atoms with Crippen LogP contribution in [0.25, 0.3) is 0 Å². The van der Waals surface area contributed by atoms with Crippen LogP contribution in [0.1, 0.15) is 0 Å². The van der Waals surface area contributed by atoms with Crippen LogP contribution in [-0.4, -0.2) is 0 Å². The molecule has 1 heteroatoms. The molecule has 0 amide bonds. The van der Waals surface area contributed by atoms with Crippen LogP contribution in [0.4, 0.5) is 0 Å². The Bertz CT molecular complexity index is 472. The monoisotopic (exact) mass is 201 g/mol. The zero-order valence-electron chi connectivity index (χ0n) is 6.43. The molecule has 2 aliphatic rings. The maximum atomic E-state index is 4.94. The molecule has 0 aromatic carbocycles.